The molecule has 0 saturated carbocycles. The fourth-order valence-electron chi connectivity index (χ4n) is 2.54. The maximum atomic E-state index is 12.5. The number of carbonyl (C=O) groups is 2. The summed E-state index contributed by atoms with van der Waals surface area (Å²) in [5.41, 5.74) is 1.84. The zero-order valence-electron chi connectivity index (χ0n) is 13.4. The molecule has 0 aliphatic carbocycles. The lowest BCUT2D eigenvalue weighted by molar-refractivity contribution is -0.106. The third kappa shape index (κ3) is 3.09. The molecule has 0 fully saturated rings. The second kappa shape index (κ2) is 6.85. The van der Waals surface area contributed by atoms with Crippen LogP contribution in [0.3, 0.4) is 0 Å². The Morgan fingerprint density at radius 2 is 2.08 bits per heavy atom. The monoisotopic (exact) mass is 367 g/mol. The van der Waals surface area contributed by atoms with Crippen LogP contribution in [-0.4, -0.2) is 24.2 Å². The maximum Gasteiger partial charge on any atom is 0.332 e. The van der Waals surface area contributed by atoms with E-state index < -0.39 is 6.03 Å². The molecule has 3 amide bonds. The Hall–Kier alpha value is -3.39. The molecule has 0 unspecified atom stereocenters. The van der Waals surface area contributed by atoms with Gasteiger partial charge in [-0.2, -0.15) is 0 Å². The van der Waals surface area contributed by atoms with Gasteiger partial charge in [0, 0.05) is 28.9 Å². The Bertz CT molecular complexity index is 959. The van der Waals surface area contributed by atoms with E-state index in [1.807, 2.05) is 17.5 Å². The molecule has 8 heteroatoms. The third-order valence-corrected chi connectivity index (χ3v) is 4.57. The van der Waals surface area contributed by atoms with Crippen molar-refractivity contribution in [3.8, 4) is 22.1 Å². The van der Waals surface area contributed by atoms with E-state index in [0.717, 1.165) is 15.5 Å². The summed E-state index contributed by atoms with van der Waals surface area (Å²) < 4.78 is 10.5. The van der Waals surface area contributed by atoms with Gasteiger partial charge in [0.2, 0.25) is 13.2 Å². The van der Waals surface area contributed by atoms with Gasteiger partial charge in [0.25, 0.3) is 0 Å². The topological polar surface area (TPSA) is 80.8 Å². The van der Waals surface area contributed by atoms with Crippen molar-refractivity contribution in [3.63, 3.8) is 0 Å². The Kier molecular flexibility index (Phi) is 4.24. The van der Waals surface area contributed by atoms with E-state index in [-0.39, 0.29) is 6.79 Å². The summed E-state index contributed by atoms with van der Waals surface area (Å²) in [7, 11) is 0. The Morgan fingerprint density at radius 3 is 2.88 bits per heavy atom. The lowest BCUT2D eigenvalue weighted by atomic mass is 10.2. The maximum absolute atomic E-state index is 12.5. The fraction of sp³-hybridized carbons (Fsp3) is 0.0556. The second-order valence-corrected chi connectivity index (χ2v) is 6.26. The van der Waals surface area contributed by atoms with E-state index in [2.05, 4.69) is 10.3 Å². The number of urea groups is 1. The second-order valence-electron chi connectivity index (χ2n) is 5.36. The fourth-order valence-corrected chi connectivity index (χ4v) is 3.18. The summed E-state index contributed by atoms with van der Waals surface area (Å²) in [4.78, 5) is 29.2. The van der Waals surface area contributed by atoms with Crippen LogP contribution < -0.4 is 19.7 Å². The van der Waals surface area contributed by atoms with Crippen LogP contribution in [0.25, 0.3) is 10.6 Å². The number of anilines is 2. The summed E-state index contributed by atoms with van der Waals surface area (Å²) >= 11 is 1.51. The molecule has 3 aromatic rings. The first kappa shape index (κ1) is 16.1. The molecule has 0 bridgehead atoms. The van der Waals surface area contributed by atoms with Crippen molar-refractivity contribution in [1.82, 2.24) is 4.98 Å². The van der Waals surface area contributed by atoms with Crippen molar-refractivity contribution in [1.29, 1.82) is 0 Å². The van der Waals surface area contributed by atoms with Crippen molar-refractivity contribution in [3.05, 3.63) is 54.0 Å². The number of hydrogen-bond acceptors (Lipinski definition) is 6. The Labute approximate surface area is 152 Å². The molecule has 1 aliphatic heterocycles. The first-order chi connectivity index (χ1) is 12.7. The zero-order valence-corrected chi connectivity index (χ0v) is 14.2. The van der Waals surface area contributed by atoms with Crippen molar-refractivity contribution < 1.29 is 19.1 Å². The van der Waals surface area contributed by atoms with E-state index in [4.69, 9.17) is 9.47 Å². The largest absolute Gasteiger partial charge is 0.454 e. The van der Waals surface area contributed by atoms with Crippen LogP contribution in [0.1, 0.15) is 0 Å². The number of fused-ring (bicyclic) bond motifs is 1. The van der Waals surface area contributed by atoms with E-state index in [1.54, 1.807) is 36.5 Å². The molecule has 1 N–H and O–H groups in total. The van der Waals surface area contributed by atoms with Crippen LogP contribution >= 0.6 is 11.3 Å². The average molecular weight is 367 g/mol. The average Bonchev–Trinajstić information content (AvgIpc) is 3.34. The van der Waals surface area contributed by atoms with Gasteiger partial charge in [-0.3, -0.25) is 4.79 Å². The van der Waals surface area contributed by atoms with Crippen LogP contribution in [0.5, 0.6) is 11.5 Å². The molecular weight excluding hydrogens is 354 g/mol. The van der Waals surface area contributed by atoms with Crippen LogP contribution in [0.4, 0.5) is 16.2 Å². The number of rotatable bonds is 4. The van der Waals surface area contributed by atoms with Crippen molar-refractivity contribution in [2.24, 2.45) is 0 Å². The number of aromatic nitrogens is 1. The minimum absolute atomic E-state index is 0.121. The molecular formula is C18H13N3O4S. The van der Waals surface area contributed by atoms with Crippen molar-refractivity contribution in [2.45, 2.75) is 0 Å². The first-order valence-corrected chi connectivity index (χ1v) is 8.57. The molecule has 2 heterocycles. The number of nitrogens with zero attached hydrogens (tertiary/aromatic N) is 2. The van der Waals surface area contributed by atoms with Gasteiger partial charge >= 0.3 is 6.03 Å². The predicted octanol–water partition coefficient (Wildman–Crippen LogP) is 3.73. The van der Waals surface area contributed by atoms with E-state index in [0.29, 0.717) is 29.3 Å². The molecule has 26 heavy (non-hydrogen) atoms. The van der Waals surface area contributed by atoms with E-state index in [9.17, 15) is 9.59 Å². The zero-order chi connectivity index (χ0) is 17.9. The van der Waals surface area contributed by atoms with Crippen LogP contribution in [0.15, 0.2) is 54.0 Å². The molecule has 130 valence electrons. The van der Waals surface area contributed by atoms with Gasteiger partial charge in [0.15, 0.2) is 11.5 Å². The number of ether oxygens (including phenoxy) is 2. The number of nitrogens with one attached hydrogen (secondary N) is 1. The molecule has 2 aromatic carbocycles. The van der Waals surface area contributed by atoms with Crippen LogP contribution in [0, 0.1) is 0 Å². The summed E-state index contributed by atoms with van der Waals surface area (Å²) in [5.74, 6) is 1.07. The Morgan fingerprint density at radius 1 is 1.19 bits per heavy atom. The minimum Gasteiger partial charge on any atom is -0.454 e. The molecule has 4 rings (SSSR count). The number of imide groups is 1. The summed E-state index contributed by atoms with van der Waals surface area (Å²) in [6.07, 6.45) is 2.18. The van der Waals surface area contributed by atoms with Gasteiger partial charge in [-0.15, -0.1) is 11.3 Å². The SMILES string of the molecule is O=CN(C(=O)Nc1cccc(-c2nccs2)c1)c1ccc2c(c1)OCO2. The number of hydrogen-bond donors (Lipinski definition) is 1. The standard InChI is InChI=1S/C18H13N3O4S/c22-10-21(14-4-5-15-16(9-14)25-11-24-15)18(23)20-13-3-1-2-12(8-13)17-19-6-7-26-17/h1-10H,11H2,(H,20,23). The minimum atomic E-state index is -0.574. The number of amides is 3. The third-order valence-electron chi connectivity index (χ3n) is 3.75. The van der Waals surface area contributed by atoms with Gasteiger partial charge in [-0.05, 0) is 24.3 Å². The van der Waals surface area contributed by atoms with Crippen molar-refractivity contribution in [2.75, 3.05) is 17.0 Å². The lowest BCUT2D eigenvalue weighted by Gasteiger charge is -2.17. The number of carbonyl (C=O) groups excluding carboxylic acids is 2. The van der Waals surface area contributed by atoms with Gasteiger partial charge in [0.05, 0.1) is 5.69 Å². The molecule has 1 aliphatic rings. The van der Waals surface area contributed by atoms with E-state index in [1.165, 1.54) is 11.3 Å². The molecule has 0 atom stereocenters. The van der Waals surface area contributed by atoms with Gasteiger partial charge < -0.3 is 14.8 Å². The highest BCUT2D eigenvalue weighted by molar-refractivity contribution is 7.13. The summed E-state index contributed by atoms with van der Waals surface area (Å²) in [5, 5.41) is 5.46. The van der Waals surface area contributed by atoms with Gasteiger partial charge in [-0.25, -0.2) is 14.7 Å². The van der Waals surface area contributed by atoms with E-state index >= 15 is 0 Å². The van der Waals surface area contributed by atoms with Crippen LogP contribution in [0.2, 0.25) is 0 Å². The quantitative estimate of drug-likeness (QED) is 0.711. The highest BCUT2D eigenvalue weighted by atomic mass is 32.1. The summed E-state index contributed by atoms with van der Waals surface area (Å²) in [6.45, 7) is 0.121. The molecule has 7 nitrogen and oxygen atoms in total. The smallest absolute Gasteiger partial charge is 0.332 e. The number of benzene rings is 2. The van der Waals surface area contributed by atoms with Gasteiger partial charge in [0.1, 0.15) is 5.01 Å². The molecule has 0 spiro atoms. The molecule has 0 radical (unpaired) electrons. The molecule has 0 saturated heterocycles. The number of thiazole rings is 1. The van der Waals surface area contributed by atoms with Gasteiger partial charge in [-0.1, -0.05) is 12.1 Å². The first-order valence-electron chi connectivity index (χ1n) is 7.70. The molecule has 1 aromatic heterocycles. The highest BCUT2D eigenvalue weighted by Gasteiger charge is 2.20. The highest BCUT2D eigenvalue weighted by Crippen LogP contribution is 2.35. The summed E-state index contributed by atoms with van der Waals surface area (Å²) in [6, 6.07) is 11.6. The van der Waals surface area contributed by atoms with Crippen molar-refractivity contribution >= 4 is 35.2 Å². The predicted molar refractivity (Wildman–Crippen MR) is 97.7 cm³/mol. The lowest BCUT2D eigenvalue weighted by Crippen LogP contribution is -2.33. The van der Waals surface area contributed by atoms with Crippen LogP contribution in [-0.2, 0) is 4.79 Å². The normalized spacial score (nSPS) is 11.8. The Balaban J connectivity index is 1.55.